The van der Waals surface area contributed by atoms with Crippen LogP contribution in [0.1, 0.15) is 38.1 Å². The van der Waals surface area contributed by atoms with Gasteiger partial charge in [-0.05, 0) is 50.6 Å². The van der Waals surface area contributed by atoms with Gasteiger partial charge in [0.2, 0.25) is 0 Å². The Kier molecular flexibility index (Phi) is 9.93. The number of benzene rings is 1. The minimum Gasteiger partial charge on any atom is -0.490 e. The summed E-state index contributed by atoms with van der Waals surface area (Å²) in [6.45, 7) is 7.78. The topological polar surface area (TPSA) is 68.0 Å². The molecule has 7 heteroatoms. The van der Waals surface area contributed by atoms with Crippen LogP contribution in [0.25, 0.3) is 0 Å². The quantitative estimate of drug-likeness (QED) is 0.343. The molecule has 0 bridgehead atoms. The van der Waals surface area contributed by atoms with Crippen LogP contribution >= 0.6 is 24.0 Å². The van der Waals surface area contributed by atoms with Gasteiger partial charge in [0.05, 0.1) is 32.1 Å². The number of hydrogen-bond acceptors (Lipinski definition) is 4. The van der Waals surface area contributed by atoms with Gasteiger partial charge in [-0.2, -0.15) is 0 Å². The van der Waals surface area contributed by atoms with E-state index in [-0.39, 0.29) is 30.0 Å². The van der Waals surface area contributed by atoms with Gasteiger partial charge in [0.1, 0.15) is 5.76 Å². The van der Waals surface area contributed by atoms with Gasteiger partial charge in [0.15, 0.2) is 17.5 Å². The van der Waals surface area contributed by atoms with E-state index in [0.29, 0.717) is 25.7 Å². The van der Waals surface area contributed by atoms with Crippen LogP contribution in [0.3, 0.4) is 0 Å². The summed E-state index contributed by atoms with van der Waals surface area (Å²) in [5, 5.41) is 6.60. The Bertz CT molecular complexity index is 675. The fraction of sp³-hybridized carbons (Fsp3) is 0.421. The maximum atomic E-state index is 5.70. The van der Waals surface area contributed by atoms with Crippen molar-refractivity contribution in [3.05, 3.63) is 47.9 Å². The zero-order valence-electron chi connectivity index (χ0n) is 15.7. The normalized spacial score (nSPS) is 12.1. The van der Waals surface area contributed by atoms with Crippen LogP contribution in [-0.2, 0) is 6.54 Å². The third-order valence-electron chi connectivity index (χ3n) is 3.65. The van der Waals surface area contributed by atoms with Crippen LogP contribution in [0.2, 0.25) is 0 Å². The van der Waals surface area contributed by atoms with E-state index >= 15 is 0 Å². The van der Waals surface area contributed by atoms with Crippen molar-refractivity contribution in [1.29, 1.82) is 0 Å². The molecule has 1 heterocycles. The fourth-order valence-corrected chi connectivity index (χ4v) is 2.40. The Morgan fingerprint density at radius 1 is 1.15 bits per heavy atom. The minimum atomic E-state index is 0. The first-order valence-electron chi connectivity index (χ1n) is 8.57. The summed E-state index contributed by atoms with van der Waals surface area (Å²) in [5.74, 6) is 3.08. The maximum Gasteiger partial charge on any atom is 0.191 e. The van der Waals surface area contributed by atoms with Crippen molar-refractivity contribution >= 4 is 29.9 Å². The first-order chi connectivity index (χ1) is 12.2. The van der Waals surface area contributed by atoms with Gasteiger partial charge in [-0.1, -0.05) is 6.07 Å². The molecule has 2 rings (SSSR count). The zero-order chi connectivity index (χ0) is 18.1. The highest BCUT2D eigenvalue weighted by atomic mass is 127. The largest absolute Gasteiger partial charge is 0.490 e. The average molecular weight is 473 g/mol. The van der Waals surface area contributed by atoms with E-state index < -0.39 is 0 Å². The first-order valence-corrected chi connectivity index (χ1v) is 8.57. The Labute approximate surface area is 172 Å². The zero-order valence-corrected chi connectivity index (χ0v) is 18.1. The number of nitrogens with zero attached hydrogens (tertiary/aromatic N) is 1. The van der Waals surface area contributed by atoms with Gasteiger partial charge in [-0.15, -0.1) is 24.0 Å². The van der Waals surface area contributed by atoms with E-state index in [1.54, 1.807) is 13.3 Å². The lowest BCUT2D eigenvalue weighted by molar-refractivity contribution is 0.287. The third kappa shape index (κ3) is 6.44. The molecular weight excluding hydrogens is 445 g/mol. The summed E-state index contributed by atoms with van der Waals surface area (Å²) in [7, 11) is 1.74. The predicted octanol–water partition coefficient (Wildman–Crippen LogP) is 4.12. The van der Waals surface area contributed by atoms with Gasteiger partial charge >= 0.3 is 0 Å². The number of nitrogens with one attached hydrogen (secondary N) is 2. The second-order valence-corrected chi connectivity index (χ2v) is 5.44. The molecule has 0 radical (unpaired) electrons. The molecule has 144 valence electrons. The van der Waals surface area contributed by atoms with Crippen LogP contribution in [0, 0.1) is 0 Å². The lowest BCUT2D eigenvalue weighted by Gasteiger charge is -2.19. The molecule has 1 unspecified atom stereocenters. The number of furan rings is 1. The van der Waals surface area contributed by atoms with E-state index in [1.165, 1.54) is 0 Å². The highest BCUT2D eigenvalue weighted by molar-refractivity contribution is 14.0. The molecule has 2 N–H and O–H groups in total. The molecular formula is C19H28IN3O3. The highest BCUT2D eigenvalue weighted by Crippen LogP contribution is 2.30. The smallest absolute Gasteiger partial charge is 0.191 e. The lowest BCUT2D eigenvalue weighted by Crippen LogP contribution is -2.38. The molecule has 0 fully saturated rings. The maximum absolute atomic E-state index is 5.70. The molecule has 0 amide bonds. The van der Waals surface area contributed by atoms with Gasteiger partial charge in [-0.3, -0.25) is 4.99 Å². The van der Waals surface area contributed by atoms with E-state index in [0.717, 1.165) is 22.8 Å². The molecule has 1 aromatic carbocycles. The van der Waals surface area contributed by atoms with Crippen LogP contribution < -0.4 is 20.1 Å². The molecule has 0 aliphatic carbocycles. The van der Waals surface area contributed by atoms with E-state index in [9.17, 15) is 0 Å². The summed E-state index contributed by atoms with van der Waals surface area (Å²) >= 11 is 0. The number of ether oxygens (including phenoxy) is 2. The standard InChI is InChI=1S/C19H27N3O3.HI/c1-5-23-17-10-9-15(12-18(17)24-6-2)14(3)22-19(20-4)21-13-16-8-7-11-25-16;/h7-12,14H,5-6,13H2,1-4H3,(H2,20,21,22);1H. The molecule has 0 spiro atoms. The number of aliphatic imine (C=N–C) groups is 1. The van der Waals surface area contributed by atoms with Gasteiger partial charge in [0, 0.05) is 7.05 Å². The van der Waals surface area contributed by atoms with Crippen molar-refractivity contribution in [1.82, 2.24) is 10.6 Å². The van der Waals surface area contributed by atoms with Crippen LogP contribution in [0.15, 0.2) is 46.0 Å². The van der Waals surface area contributed by atoms with Crippen molar-refractivity contribution in [2.45, 2.75) is 33.4 Å². The Hall–Kier alpha value is -1.90. The minimum absolute atomic E-state index is 0. The van der Waals surface area contributed by atoms with Gasteiger partial charge < -0.3 is 24.5 Å². The summed E-state index contributed by atoms with van der Waals surface area (Å²) < 4.78 is 16.6. The number of halogens is 1. The van der Waals surface area contributed by atoms with Crippen molar-refractivity contribution < 1.29 is 13.9 Å². The Morgan fingerprint density at radius 2 is 1.88 bits per heavy atom. The monoisotopic (exact) mass is 473 g/mol. The second kappa shape index (κ2) is 11.7. The Balaban J connectivity index is 0.00000338. The third-order valence-corrected chi connectivity index (χ3v) is 3.65. The van der Waals surface area contributed by atoms with E-state index in [4.69, 9.17) is 13.9 Å². The van der Waals surface area contributed by atoms with Crippen LogP contribution in [0.5, 0.6) is 11.5 Å². The number of guanidine groups is 1. The molecule has 6 nitrogen and oxygen atoms in total. The molecule has 0 saturated heterocycles. The molecule has 26 heavy (non-hydrogen) atoms. The van der Waals surface area contributed by atoms with Gasteiger partial charge in [0.25, 0.3) is 0 Å². The summed E-state index contributed by atoms with van der Waals surface area (Å²) in [6.07, 6.45) is 1.66. The molecule has 2 aromatic rings. The second-order valence-electron chi connectivity index (χ2n) is 5.44. The first kappa shape index (κ1) is 22.1. The molecule has 1 aromatic heterocycles. The fourth-order valence-electron chi connectivity index (χ4n) is 2.40. The van der Waals surface area contributed by atoms with Crippen molar-refractivity contribution in [3.63, 3.8) is 0 Å². The molecule has 0 aliphatic rings. The van der Waals surface area contributed by atoms with E-state index in [1.807, 2.05) is 44.2 Å². The van der Waals surface area contributed by atoms with Crippen LogP contribution in [0.4, 0.5) is 0 Å². The van der Waals surface area contributed by atoms with Crippen LogP contribution in [-0.4, -0.2) is 26.2 Å². The van der Waals surface area contributed by atoms with Crippen molar-refractivity contribution in [3.8, 4) is 11.5 Å². The summed E-state index contributed by atoms with van der Waals surface area (Å²) in [4.78, 5) is 4.26. The van der Waals surface area contributed by atoms with E-state index in [2.05, 4.69) is 22.5 Å². The molecule has 0 saturated carbocycles. The lowest BCUT2D eigenvalue weighted by atomic mass is 10.1. The summed E-state index contributed by atoms with van der Waals surface area (Å²) in [5.41, 5.74) is 1.09. The number of rotatable bonds is 8. The number of hydrogen-bond donors (Lipinski definition) is 2. The van der Waals surface area contributed by atoms with Gasteiger partial charge in [-0.25, -0.2) is 0 Å². The SMILES string of the molecule is CCOc1ccc(C(C)NC(=NC)NCc2ccco2)cc1OCC.I. The highest BCUT2D eigenvalue weighted by Gasteiger charge is 2.12. The average Bonchev–Trinajstić information content (AvgIpc) is 3.13. The Morgan fingerprint density at radius 3 is 2.50 bits per heavy atom. The molecule has 1 atom stereocenters. The predicted molar refractivity (Wildman–Crippen MR) is 115 cm³/mol. The summed E-state index contributed by atoms with van der Waals surface area (Å²) in [6, 6.07) is 9.82. The van der Waals surface area contributed by atoms with Crippen molar-refractivity contribution in [2.24, 2.45) is 4.99 Å². The molecule has 0 aliphatic heterocycles. The van der Waals surface area contributed by atoms with Crippen molar-refractivity contribution in [2.75, 3.05) is 20.3 Å².